The minimum absolute atomic E-state index is 0.730. The van der Waals surface area contributed by atoms with Gasteiger partial charge in [-0.2, -0.15) is 0 Å². The summed E-state index contributed by atoms with van der Waals surface area (Å²) in [6.45, 7) is 2.03. The van der Waals surface area contributed by atoms with Crippen molar-refractivity contribution in [3.8, 4) is 73.2 Å². The molecule has 246 valence electrons. The zero-order chi connectivity index (χ0) is 34.9. The first kappa shape index (κ1) is 30.9. The number of aryl methyl sites for hydroxylation is 1. The molecule has 0 spiro atoms. The van der Waals surface area contributed by atoms with Crippen molar-refractivity contribution >= 4 is 11.0 Å². The van der Waals surface area contributed by atoms with E-state index in [0.29, 0.717) is 0 Å². The monoisotopic (exact) mass is 670 g/mol. The lowest BCUT2D eigenvalue weighted by Crippen LogP contribution is -2.05. The van der Waals surface area contributed by atoms with Crippen LogP contribution in [0, 0.1) is 6.92 Å². The summed E-state index contributed by atoms with van der Waals surface area (Å²) in [5.41, 5.74) is 14.4. The van der Waals surface area contributed by atoms with E-state index in [9.17, 15) is 0 Å². The quantitative estimate of drug-likeness (QED) is 0.169. The minimum atomic E-state index is 0.730. The first-order valence-corrected chi connectivity index (χ1v) is 17.2. The molecule has 0 bridgehead atoms. The zero-order valence-corrected chi connectivity index (χ0v) is 28.3. The van der Waals surface area contributed by atoms with Gasteiger partial charge in [0.25, 0.3) is 0 Å². The van der Waals surface area contributed by atoms with Gasteiger partial charge < -0.3 is 0 Å². The Labute approximate surface area is 301 Å². The van der Waals surface area contributed by atoms with Gasteiger partial charge in [-0.3, -0.25) is 4.98 Å². The third-order valence-electron chi connectivity index (χ3n) is 9.12. The second kappa shape index (κ2) is 13.3. The third-order valence-corrected chi connectivity index (χ3v) is 9.12. The molecule has 0 aliphatic rings. The lowest BCUT2D eigenvalue weighted by atomic mass is 9.96. The number of nitrogens with one attached hydrogen (secondary N) is 1. The number of para-hydroxylation sites is 1. The maximum Gasteiger partial charge on any atom is 0.229 e. The molecule has 0 aliphatic heterocycles. The van der Waals surface area contributed by atoms with Crippen molar-refractivity contribution in [2.75, 3.05) is 0 Å². The Balaban J connectivity index is 1.28. The van der Waals surface area contributed by atoms with E-state index in [1.807, 2.05) is 92.1 Å². The molecule has 0 saturated heterocycles. The second-order valence-corrected chi connectivity index (χ2v) is 12.6. The van der Waals surface area contributed by atoms with Gasteiger partial charge in [0.1, 0.15) is 22.4 Å². The fourth-order valence-electron chi connectivity index (χ4n) is 6.57. The maximum absolute atomic E-state index is 5.27. The summed E-state index contributed by atoms with van der Waals surface area (Å²) in [7, 11) is 0. The van der Waals surface area contributed by atoms with Crippen LogP contribution < -0.4 is 4.98 Å². The summed E-state index contributed by atoms with van der Waals surface area (Å²) in [6.07, 6.45) is 3.77. The molecule has 0 saturated carbocycles. The number of aromatic nitrogens is 7. The molecule has 0 radical (unpaired) electrons. The normalized spacial score (nSPS) is 11.2. The van der Waals surface area contributed by atoms with E-state index in [4.69, 9.17) is 20.2 Å². The van der Waals surface area contributed by atoms with Crippen LogP contribution in [0.2, 0.25) is 0 Å². The molecule has 0 amide bonds. The van der Waals surface area contributed by atoms with Gasteiger partial charge in [-0.1, -0.05) is 97.1 Å². The molecule has 9 rings (SSSR count). The van der Waals surface area contributed by atoms with Crippen LogP contribution in [-0.2, 0) is 0 Å². The van der Waals surface area contributed by atoms with Crippen LogP contribution in [0.3, 0.4) is 0 Å². The Morgan fingerprint density at radius 1 is 0.481 bits per heavy atom. The molecule has 4 aromatic carbocycles. The molecule has 0 atom stereocenters. The van der Waals surface area contributed by atoms with Gasteiger partial charge in [0.2, 0.25) is 5.69 Å². The number of benzene rings is 4. The molecule has 1 N–H and O–H groups in total. The number of rotatable bonds is 7. The van der Waals surface area contributed by atoms with E-state index in [2.05, 4.69) is 94.9 Å². The van der Waals surface area contributed by atoms with Crippen LogP contribution in [0.4, 0.5) is 0 Å². The van der Waals surface area contributed by atoms with Crippen molar-refractivity contribution in [1.29, 1.82) is 0 Å². The molecule has 5 aromatic heterocycles. The van der Waals surface area contributed by atoms with Crippen LogP contribution in [0.1, 0.15) is 5.56 Å². The van der Waals surface area contributed by atoms with Crippen molar-refractivity contribution in [3.63, 3.8) is 0 Å². The average Bonchev–Trinajstić information content (AvgIpc) is 3.66. The summed E-state index contributed by atoms with van der Waals surface area (Å²) >= 11 is 0. The highest BCUT2D eigenvalue weighted by atomic mass is 15.5. The standard InChI is InChI=1S/C45H31N7/c1-30-24-25-40(47-29-30)42-22-11-20-37(48-42)33-27-36(38-21-12-23-41(49-38)39-19-8-9-26-46-39)44-43(28-33)50-52(51-44)45-34(31-13-4-2-5-14-31)17-10-18-35(45)32-15-6-3-7-16-32/h2-29H,1H3/p+1. The molecule has 0 unspecified atom stereocenters. The molecule has 7 nitrogen and oxygen atoms in total. The summed E-state index contributed by atoms with van der Waals surface area (Å²) in [5, 5.41) is 10.5. The van der Waals surface area contributed by atoms with Gasteiger partial charge in [-0.15, -0.1) is 15.0 Å². The summed E-state index contributed by atoms with van der Waals surface area (Å²) < 4.78 is 0. The van der Waals surface area contributed by atoms with Crippen LogP contribution >= 0.6 is 0 Å². The van der Waals surface area contributed by atoms with Gasteiger partial charge in [-0.05, 0) is 72.1 Å². The highest BCUT2D eigenvalue weighted by molar-refractivity contribution is 5.95. The van der Waals surface area contributed by atoms with E-state index in [0.717, 1.165) is 89.8 Å². The van der Waals surface area contributed by atoms with E-state index in [1.165, 1.54) is 0 Å². The Morgan fingerprint density at radius 3 is 1.83 bits per heavy atom. The number of fused-ring (bicyclic) bond motifs is 1. The predicted molar refractivity (Wildman–Crippen MR) is 206 cm³/mol. The molecular formula is C45H32N7+. The first-order valence-electron chi connectivity index (χ1n) is 17.2. The van der Waals surface area contributed by atoms with E-state index in [-0.39, 0.29) is 0 Å². The van der Waals surface area contributed by atoms with Crippen LogP contribution in [0.25, 0.3) is 84.3 Å². The van der Waals surface area contributed by atoms with Crippen molar-refractivity contribution in [2.24, 2.45) is 0 Å². The Hall–Kier alpha value is -7.12. The lowest BCUT2D eigenvalue weighted by molar-refractivity contribution is -0.364. The number of H-pyrrole nitrogens is 1. The second-order valence-electron chi connectivity index (χ2n) is 12.6. The third kappa shape index (κ3) is 5.90. The van der Waals surface area contributed by atoms with Crippen LogP contribution in [-0.4, -0.2) is 29.9 Å². The predicted octanol–water partition coefficient (Wildman–Crippen LogP) is 9.73. The van der Waals surface area contributed by atoms with Crippen molar-refractivity contribution in [1.82, 2.24) is 29.9 Å². The van der Waals surface area contributed by atoms with Crippen molar-refractivity contribution in [2.45, 2.75) is 6.92 Å². The smallest absolute Gasteiger partial charge is 0.229 e. The molecule has 9 aromatic rings. The number of pyridine rings is 4. The van der Waals surface area contributed by atoms with Crippen molar-refractivity contribution in [3.05, 3.63) is 176 Å². The number of aromatic amines is 1. The average molecular weight is 671 g/mol. The molecule has 52 heavy (non-hydrogen) atoms. The lowest BCUT2D eigenvalue weighted by Gasteiger charge is -2.14. The molecule has 5 heterocycles. The Kier molecular flexibility index (Phi) is 7.91. The van der Waals surface area contributed by atoms with E-state index in [1.54, 1.807) is 4.80 Å². The fourth-order valence-corrected chi connectivity index (χ4v) is 6.57. The summed E-state index contributed by atoms with van der Waals surface area (Å²) in [6, 6.07) is 53.5. The molecular weight excluding hydrogens is 639 g/mol. The van der Waals surface area contributed by atoms with Gasteiger partial charge in [0.15, 0.2) is 6.20 Å². The Morgan fingerprint density at radius 2 is 1.13 bits per heavy atom. The molecule has 0 fully saturated rings. The number of hydrogen-bond acceptors (Lipinski definition) is 5. The van der Waals surface area contributed by atoms with Gasteiger partial charge in [-0.25, -0.2) is 15.0 Å². The van der Waals surface area contributed by atoms with Crippen molar-refractivity contribution < 1.29 is 4.98 Å². The van der Waals surface area contributed by atoms with E-state index < -0.39 is 0 Å². The number of nitrogens with zero attached hydrogens (tertiary/aromatic N) is 6. The van der Waals surface area contributed by atoms with Crippen LogP contribution in [0.5, 0.6) is 0 Å². The van der Waals surface area contributed by atoms with Crippen LogP contribution in [0.15, 0.2) is 170 Å². The Bertz CT molecular complexity index is 2610. The van der Waals surface area contributed by atoms with Gasteiger partial charge in [0, 0.05) is 40.6 Å². The SMILES string of the molecule is Cc1ccc(-c2cccc(-c3cc(-c4cccc(-c5cccc[nH+]5)n4)c4nn(-c5c(-c6ccccc6)cccc5-c5ccccc5)nc4c3)n2)nc1. The summed E-state index contributed by atoms with van der Waals surface area (Å²) in [5.74, 6) is 0. The minimum Gasteiger partial charge on any atom is -0.254 e. The first-order chi connectivity index (χ1) is 25.7. The van der Waals surface area contributed by atoms with E-state index >= 15 is 0 Å². The fraction of sp³-hybridized carbons (Fsp3) is 0.0222. The highest BCUT2D eigenvalue weighted by Crippen LogP contribution is 2.38. The largest absolute Gasteiger partial charge is 0.254 e. The number of hydrogen-bond donors (Lipinski definition) is 0. The maximum atomic E-state index is 5.27. The molecule has 0 aliphatic carbocycles. The summed E-state index contributed by atoms with van der Waals surface area (Å²) in [4.78, 5) is 20.0. The highest BCUT2D eigenvalue weighted by Gasteiger charge is 2.21. The van der Waals surface area contributed by atoms with Gasteiger partial charge in [0.05, 0.1) is 22.8 Å². The topological polar surface area (TPSA) is 83.5 Å². The molecule has 7 heteroatoms. The zero-order valence-electron chi connectivity index (χ0n) is 28.3. The van der Waals surface area contributed by atoms with Gasteiger partial charge >= 0.3 is 0 Å².